The van der Waals surface area contributed by atoms with Gasteiger partial charge in [0.05, 0.1) is 5.41 Å². The summed E-state index contributed by atoms with van der Waals surface area (Å²) in [5, 5.41) is 0. The van der Waals surface area contributed by atoms with Crippen molar-refractivity contribution in [3.8, 4) is 11.1 Å². The lowest BCUT2D eigenvalue weighted by atomic mass is 9.85. The molecule has 0 spiro atoms. The lowest BCUT2D eigenvalue weighted by molar-refractivity contribution is 0.517. The Hall–Kier alpha value is -1.89. The second-order valence-electron chi connectivity index (χ2n) is 4.67. The third-order valence-electron chi connectivity index (χ3n) is 2.97. The van der Waals surface area contributed by atoms with E-state index in [4.69, 9.17) is 0 Å². The van der Waals surface area contributed by atoms with Gasteiger partial charge in [-0.1, -0.05) is 54.6 Å². The van der Waals surface area contributed by atoms with E-state index in [1.54, 1.807) is 0 Å². The Morgan fingerprint density at radius 3 is 1.88 bits per heavy atom. The molecular weight excluding hydrogens is 208 g/mol. The van der Waals surface area contributed by atoms with Gasteiger partial charge in [0.15, 0.2) is 0 Å². The van der Waals surface area contributed by atoms with Crippen LogP contribution in [-0.4, -0.2) is 6.29 Å². The standard InChI is InChI=1S/C16H15O/c1-16(2,12-17)15-10-8-14(9-11-15)13-6-4-3-5-7-13/h3-11H,1-2H3. The summed E-state index contributed by atoms with van der Waals surface area (Å²) in [5.41, 5.74) is 2.81. The van der Waals surface area contributed by atoms with Gasteiger partial charge in [-0.25, -0.2) is 0 Å². The minimum atomic E-state index is -0.533. The summed E-state index contributed by atoms with van der Waals surface area (Å²) >= 11 is 0. The van der Waals surface area contributed by atoms with Crippen molar-refractivity contribution in [3.05, 3.63) is 60.2 Å². The zero-order valence-electron chi connectivity index (χ0n) is 10.1. The van der Waals surface area contributed by atoms with Gasteiger partial charge in [-0.05, 0) is 30.5 Å². The van der Waals surface area contributed by atoms with E-state index >= 15 is 0 Å². The molecule has 17 heavy (non-hydrogen) atoms. The van der Waals surface area contributed by atoms with E-state index in [1.807, 2.05) is 56.3 Å². The van der Waals surface area contributed by atoms with E-state index in [0.717, 1.165) is 11.1 Å². The molecule has 1 radical (unpaired) electrons. The molecule has 1 nitrogen and oxygen atoms in total. The SMILES string of the molecule is CC(C)([C]=O)c1ccc(-c2ccccc2)cc1. The van der Waals surface area contributed by atoms with Crippen LogP contribution in [0, 0.1) is 0 Å². The number of rotatable bonds is 3. The van der Waals surface area contributed by atoms with Crippen LogP contribution in [0.3, 0.4) is 0 Å². The van der Waals surface area contributed by atoms with Gasteiger partial charge in [0, 0.05) is 0 Å². The van der Waals surface area contributed by atoms with Crippen molar-refractivity contribution in [2.75, 3.05) is 0 Å². The number of hydrogen-bond donors (Lipinski definition) is 0. The predicted molar refractivity (Wildman–Crippen MR) is 70.6 cm³/mol. The summed E-state index contributed by atoms with van der Waals surface area (Å²) in [6, 6.07) is 18.3. The summed E-state index contributed by atoms with van der Waals surface area (Å²) in [6.45, 7) is 3.75. The highest BCUT2D eigenvalue weighted by Crippen LogP contribution is 2.25. The Labute approximate surface area is 102 Å². The van der Waals surface area contributed by atoms with E-state index in [1.165, 1.54) is 5.56 Å². The second kappa shape index (κ2) is 4.54. The molecule has 0 aliphatic heterocycles. The third-order valence-corrected chi connectivity index (χ3v) is 2.97. The summed E-state index contributed by atoms with van der Waals surface area (Å²) in [7, 11) is 0. The van der Waals surface area contributed by atoms with Gasteiger partial charge in [0.25, 0.3) is 0 Å². The zero-order chi connectivity index (χ0) is 12.3. The molecule has 2 rings (SSSR count). The van der Waals surface area contributed by atoms with Gasteiger partial charge < -0.3 is 0 Å². The van der Waals surface area contributed by atoms with Gasteiger partial charge in [-0.2, -0.15) is 0 Å². The van der Waals surface area contributed by atoms with Crippen LogP contribution in [0.4, 0.5) is 0 Å². The van der Waals surface area contributed by atoms with Gasteiger partial charge in [-0.15, -0.1) is 0 Å². The van der Waals surface area contributed by atoms with Crippen LogP contribution in [-0.2, 0) is 10.2 Å². The Balaban J connectivity index is 2.34. The van der Waals surface area contributed by atoms with Crippen LogP contribution in [0.5, 0.6) is 0 Å². The van der Waals surface area contributed by atoms with Crippen molar-refractivity contribution in [3.63, 3.8) is 0 Å². The summed E-state index contributed by atoms with van der Waals surface area (Å²) in [4.78, 5) is 10.9. The number of carbonyl (C=O) groups excluding carboxylic acids is 1. The molecule has 0 aliphatic rings. The van der Waals surface area contributed by atoms with Gasteiger partial charge >= 0.3 is 0 Å². The molecular formula is C16H15O. The van der Waals surface area contributed by atoms with Crippen molar-refractivity contribution in [1.82, 2.24) is 0 Å². The largest absolute Gasteiger partial charge is 0.290 e. The van der Waals surface area contributed by atoms with Crippen LogP contribution in [0.1, 0.15) is 19.4 Å². The van der Waals surface area contributed by atoms with E-state index in [9.17, 15) is 4.79 Å². The topological polar surface area (TPSA) is 17.1 Å². The fourth-order valence-electron chi connectivity index (χ4n) is 1.77. The monoisotopic (exact) mass is 223 g/mol. The molecule has 0 saturated carbocycles. The molecule has 0 unspecified atom stereocenters. The van der Waals surface area contributed by atoms with Crippen LogP contribution in [0.25, 0.3) is 11.1 Å². The minimum absolute atomic E-state index is 0.533. The molecule has 1 heteroatoms. The summed E-state index contributed by atoms with van der Waals surface area (Å²) in [6.07, 6.45) is 2.07. The average Bonchev–Trinajstić information content (AvgIpc) is 2.40. The van der Waals surface area contributed by atoms with Crippen molar-refractivity contribution in [1.29, 1.82) is 0 Å². The van der Waals surface area contributed by atoms with Gasteiger partial charge in [0.2, 0.25) is 6.29 Å². The smallest absolute Gasteiger partial charge is 0.209 e. The molecule has 2 aromatic rings. The first-order valence-corrected chi connectivity index (χ1v) is 5.69. The van der Waals surface area contributed by atoms with E-state index in [-0.39, 0.29) is 0 Å². The van der Waals surface area contributed by atoms with E-state index in [0.29, 0.717) is 0 Å². The maximum atomic E-state index is 10.9. The zero-order valence-corrected chi connectivity index (χ0v) is 10.1. The molecule has 0 aromatic heterocycles. The predicted octanol–water partition coefficient (Wildman–Crippen LogP) is 3.74. The molecule has 0 N–H and O–H groups in total. The Kier molecular flexibility index (Phi) is 3.10. The Morgan fingerprint density at radius 1 is 0.824 bits per heavy atom. The highest BCUT2D eigenvalue weighted by molar-refractivity contribution is 5.70. The maximum absolute atomic E-state index is 10.9. The van der Waals surface area contributed by atoms with Crippen LogP contribution >= 0.6 is 0 Å². The maximum Gasteiger partial charge on any atom is 0.209 e. The van der Waals surface area contributed by atoms with Crippen LogP contribution < -0.4 is 0 Å². The minimum Gasteiger partial charge on any atom is -0.290 e. The van der Waals surface area contributed by atoms with Gasteiger partial charge in [0.1, 0.15) is 0 Å². The normalized spacial score (nSPS) is 11.2. The molecule has 0 atom stereocenters. The van der Waals surface area contributed by atoms with E-state index < -0.39 is 5.41 Å². The molecule has 0 bridgehead atoms. The van der Waals surface area contributed by atoms with E-state index in [2.05, 4.69) is 18.4 Å². The quantitative estimate of drug-likeness (QED) is 0.774. The van der Waals surface area contributed by atoms with Crippen molar-refractivity contribution in [2.45, 2.75) is 19.3 Å². The Morgan fingerprint density at radius 2 is 1.35 bits per heavy atom. The van der Waals surface area contributed by atoms with Crippen LogP contribution in [0.2, 0.25) is 0 Å². The third kappa shape index (κ3) is 2.44. The first kappa shape index (κ1) is 11.6. The van der Waals surface area contributed by atoms with Crippen LogP contribution in [0.15, 0.2) is 54.6 Å². The molecule has 0 fully saturated rings. The molecule has 0 aliphatic carbocycles. The number of hydrogen-bond acceptors (Lipinski definition) is 1. The van der Waals surface area contributed by atoms with Crippen molar-refractivity contribution >= 4 is 6.29 Å². The molecule has 2 aromatic carbocycles. The lowest BCUT2D eigenvalue weighted by Crippen LogP contribution is -2.18. The highest BCUT2D eigenvalue weighted by atomic mass is 16.1. The molecule has 0 amide bonds. The summed E-state index contributed by atoms with van der Waals surface area (Å²) < 4.78 is 0. The second-order valence-corrected chi connectivity index (χ2v) is 4.67. The number of benzene rings is 2. The lowest BCUT2D eigenvalue weighted by Gasteiger charge is -2.16. The van der Waals surface area contributed by atoms with Crippen molar-refractivity contribution < 1.29 is 4.79 Å². The van der Waals surface area contributed by atoms with Crippen molar-refractivity contribution in [2.24, 2.45) is 0 Å². The Bertz CT molecular complexity index is 495. The summed E-state index contributed by atoms with van der Waals surface area (Å²) in [5.74, 6) is 0. The first-order chi connectivity index (χ1) is 8.13. The average molecular weight is 223 g/mol. The fourth-order valence-corrected chi connectivity index (χ4v) is 1.77. The molecule has 85 valence electrons. The fraction of sp³-hybridized carbons (Fsp3) is 0.188. The molecule has 0 heterocycles. The first-order valence-electron chi connectivity index (χ1n) is 5.69. The van der Waals surface area contributed by atoms with Gasteiger partial charge in [-0.3, -0.25) is 4.79 Å². The molecule has 0 saturated heterocycles. The highest BCUT2D eigenvalue weighted by Gasteiger charge is 2.20.